The highest BCUT2D eigenvalue weighted by Gasteiger charge is 2.62. The molecule has 0 aliphatic heterocycles. The summed E-state index contributed by atoms with van der Waals surface area (Å²) in [5, 5.41) is 11.2. The summed E-state index contributed by atoms with van der Waals surface area (Å²) < 4.78 is 16.8. The second-order valence-electron chi connectivity index (χ2n) is 9.07. The van der Waals surface area contributed by atoms with Crippen molar-refractivity contribution < 1.29 is 23.8 Å². The van der Waals surface area contributed by atoms with Crippen LogP contribution >= 0.6 is 0 Å². The Labute approximate surface area is 159 Å². The van der Waals surface area contributed by atoms with Crippen LogP contribution in [0, 0.1) is 11.3 Å². The van der Waals surface area contributed by atoms with Crippen LogP contribution in [-0.4, -0.2) is 30.9 Å². The fourth-order valence-corrected chi connectivity index (χ4v) is 5.72. The van der Waals surface area contributed by atoms with Gasteiger partial charge in [0.15, 0.2) is 0 Å². The van der Waals surface area contributed by atoms with E-state index in [4.69, 9.17) is 13.9 Å². The van der Waals surface area contributed by atoms with E-state index in [9.17, 15) is 14.7 Å². The Morgan fingerprint density at radius 3 is 2.56 bits per heavy atom. The Morgan fingerprint density at radius 2 is 2.00 bits per heavy atom. The minimum atomic E-state index is -1.06. The first-order valence-electron chi connectivity index (χ1n) is 9.58. The Balaban J connectivity index is 2.39. The molecule has 6 nitrogen and oxygen atoms in total. The monoisotopic (exact) mass is 378 g/mol. The first kappa shape index (κ1) is 20.1. The fraction of sp³-hybridized carbons (Fsp3) is 0.714. The van der Waals surface area contributed by atoms with Gasteiger partial charge in [-0.05, 0) is 23.8 Å². The van der Waals surface area contributed by atoms with E-state index in [1.165, 1.54) is 6.07 Å². The molecule has 5 atom stereocenters. The van der Waals surface area contributed by atoms with Crippen LogP contribution in [0.25, 0.3) is 0 Å². The zero-order chi connectivity index (χ0) is 20.1. The van der Waals surface area contributed by atoms with Crippen molar-refractivity contribution in [1.82, 2.24) is 0 Å². The molecule has 1 aromatic heterocycles. The van der Waals surface area contributed by atoms with Crippen LogP contribution in [0.15, 0.2) is 15.3 Å². The SMILES string of the molecule is COC1CCC(C)(C)C2C(OC=O)C(O)c3c(cc(=O)oc3C(C)C)C12C. The molecule has 1 aromatic rings. The normalized spacial score (nSPS) is 34.7. The average molecular weight is 378 g/mol. The average Bonchev–Trinajstić information content (AvgIpc) is 2.58. The van der Waals surface area contributed by atoms with E-state index >= 15 is 0 Å². The number of methoxy groups -OCH3 is 1. The zero-order valence-corrected chi connectivity index (χ0v) is 16.9. The minimum Gasteiger partial charge on any atom is -0.461 e. The van der Waals surface area contributed by atoms with Crippen molar-refractivity contribution in [1.29, 1.82) is 0 Å². The highest BCUT2D eigenvalue weighted by Crippen LogP contribution is 2.60. The lowest BCUT2D eigenvalue weighted by atomic mass is 9.47. The van der Waals surface area contributed by atoms with Gasteiger partial charge in [-0.2, -0.15) is 0 Å². The fourth-order valence-electron chi connectivity index (χ4n) is 5.72. The molecule has 1 fully saturated rings. The summed E-state index contributed by atoms with van der Waals surface area (Å²) in [6.07, 6.45) is -0.276. The lowest BCUT2D eigenvalue weighted by molar-refractivity contribution is -0.179. The first-order valence-corrected chi connectivity index (χ1v) is 9.58. The van der Waals surface area contributed by atoms with Gasteiger partial charge in [0.2, 0.25) is 0 Å². The molecule has 0 saturated heterocycles. The quantitative estimate of drug-likeness (QED) is 0.811. The number of rotatable bonds is 4. The number of aliphatic hydroxyl groups excluding tert-OH is 1. The van der Waals surface area contributed by atoms with Crippen molar-refractivity contribution in [2.45, 2.75) is 77.1 Å². The van der Waals surface area contributed by atoms with Crippen LogP contribution in [0.5, 0.6) is 0 Å². The minimum absolute atomic E-state index is 0.100. The van der Waals surface area contributed by atoms with Crippen molar-refractivity contribution in [3.8, 4) is 0 Å². The number of hydrogen-bond donors (Lipinski definition) is 1. The van der Waals surface area contributed by atoms with E-state index in [1.54, 1.807) is 7.11 Å². The molecule has 2 aliphatic carbocycles. The highest BCUT2D eigenvalue weighted by atomic mass is 16.5. The van der Waals surface area contributed by atoms with Gasteiger partial charge < -0.3 is 19.0 Å². The summed E-state index contributed by atoms with van der Waals surface area (Å²) in [6.45, 7) is 10.5. The van der Waals surface area contributed by atoms with Gasteiger partial charge in [0.1, 0.15) is 18.0 Å². The van der Waals surface area contributed by atoms with Crippen LogP contribution in [0.4, 0.5) is 0 Å². The predicted octanol–water partition coefficient (Wildman–Crippen LogP) is 3.06. The molecule has 0 radical (unpaired) electrons. The summed E-state index contributed by atoms with van der Waals surface area (Å²) >= 11 is 0. The van der Waals surface area contributed by atoms with Crippen molar-refractivity contribution in [3.63, 3.8) is 0 Å². The van der Waals surface area contributed by atoms with Gasteiger partial charge in [0, 0.05) is 36.0 Å². The third-order valence-corrected chi connectivity index (χ3v) is 6.77. The Hall–Kier alpha value is -1.66. The van der Waals surface area contributed by atoms with E-state index < -0.39 is 23.2 Å². The van der Waals surface area contributed by atoms with Crippen LogP contribution < -0.4 is 5.63 Å². The molecule has 0 amide bonds. The highest BCUT2D eigenvalue weighted by molar-refractivity contribution is 5.46. The second kappa shape index (κ2) is 6.74. The van der Waals surface area contributed by atoms with Gasteiger partial charge >= 0.3 is 5.63 Å². The molecule has 27 heavy (non-hydrogen) atoms. The summed E-state index contributed by atoms with van der Waals surface area (Å²) in [7, 11) is 1.67. The van der Waals surface area contributed by atoms with Crippen molar-refractivity contribution in [3.05, 3.63) is 33.4 Å². The van der Waals surface area contributed by atoms with Gasteiger partial charge in [-0.25, -0.2) is 4.79 Å². The number of carbonyl (C=O) groups excluding carboxylic acids is 1. The molecule has 3 rings (SSSR count). The molecular weight excluding hydrogens is 348 g/mol. The topological polar surface area (TPSA) is 86.0 Å². The molecule has 0 aromatic carbocycles. The van der Waals surface area contributed by atoms with Gasteiger partial charge in [-0.1, -0.05) is 34.6 Å². The molecule has 150 valence electrons. The van der Waals surface area contributed by atoms with Crippen LogP contribution in [-0.2, 0) is 19.7 Å². The van der Waals surface area contributed by atoms with Crippen LogP contribution in [0.2, 0.25) is 0 Å². The van der Waals surface area contributed by atoms with E-state index in [-0.39, 0.29) is 23.4 Å². The van der Waals surface area contributed by atoms with Gasteiger partial charge in [-0.3, -0.25) is 4.79 Å². The lowest BCUT2D eigenvalue weighted by Crippen LogP contribution is -2.62. The zero-order valence-electron chi connectivity index (χ0n) is 16.9. The van der Waals surface area contributed by atoms with Crippen LogP contribution in [0.3, 0.4) is 0 Å². The van der Waals surface area contributed by atoms with Gasteiger partial charge in [0.05, 0.1) is 6.10 Å². The molecule has 1 heterocycles. The summed E-state index contributed by atoms with van der Waals surface area (Å²) in [4.78, 5) is 23.7. The number of fused-ring (bicyclic) bond motifs is 3. The largest absolute Gasteiger partial charge is 0.461 e. The van der Waals surface area contributed by atoms with Crippen molar-refractivity contribution in [2.75, 3.05) is 7.11 Å². The van der Waals surface area contributed by atoms with Crippen molar-refractivity contribution >= 4 is 6.47 Å². The maximum atomic E-state index is 12.4. The standard InChI is InChI=1S/C21H30O6/c1-11(2)17-15-12(9-14(23)27-17)21(5)13(25-6)7-8-20(3,4)19(21)18(16(15)24)26-10-22/h9-11,13,16,18-19,24H,7-8H2,1-6H3. The molecular formula is C21H30O6. The third kappa shape index (κ3) is 2.85. The number of ether oxygens (including phenoxy) is 2. The smallest absolute Gasteiger partial charge is 0.336 e. The number of hydrogen-bond acceptors (Lipinski definition) is 6. The van der Waals surface area contributed by atoms with E-state index in [0.717, 1.165) is 18.4 Å². The third-order valence-electron chi connectivity index (χ3n) is 6.77. The second-order valence-corrected chi connectivity index (χ2v) is 9.07. The number of carbonyl (C=O) groups is 1. The molecule has 2 aliphatic rings. The Bertz CT molecular complexity index is 779. The summed E-state index contributed by atoms with van der Waals surface area (Å²) in [5.74, 6) is 0.137. The maximum absolute atomic E-state index is 12.4. The lowest BCUT2D eigenvalue weighted by Gasteiger charge is -2.60. The van der Waals surface area contributed by atoms with E-state index in [0.29, 0.717) is 17.8 Å². The van der Waals surface area contributed by atoms with E-state index in [1.807, 2.05) is 13.8 Å². The molecule has 0 spiro atoms. The molecule has 5 unspecified atom stereocenters. The molecule has 1 N–H and O–H groups in total. The Kier molecular flexibility index (Phi) is 5.02. The maximum Gasteiger partial charge on any atom is 0.336 e. The Morgan fingerprint density at radius 1 is 1.33 bits per heavy atom. The van der Waals surface area contributed by atoms with Crippen molar-refractivity contribution in [2.24, 2.45) is 11.3 Å². The molecule has 1 saturated carbocycles. The predicted molar refractivity (Wildman–Crippen MR) is 99.6 cm³/mol. The van der Waals surface area contributed by atoms with Crippen LogP contribution in [0.1, 0.15) is 76.4 Å². The number of aliphatic hydroxyl groups is 1. The first-order chi connectivity index (χ1) is 12.6. The molecule has 0 bridgehead atoms. The van der Waals surface area contributed by atoms with Gasteiger partial charge in [0.25, 0.3) is 6.47 Å². The summed E-state index contributed by atoms with van der Waals surface area (Å²) in [6, 6.07) is 1.49. The molecule has 6 heteroatoms. The van der Waals surface area contributed by atoms with E-state index in [2.05, 4.69) is 20.8 Å². The summed E-state index contributed by atoms with van der Waals surface area (Å²) in [5.41, 5.74) is 0.0699. The van der Waals surface area contributed by atoms with Gasteiger partial charge in [-0.15, -0.1) is 0 Å².